The summed E-state index contributed by atoms with van der Waals surface area (Å²) in [6.07, 6.45) is 0. The van der Waals surface area contributed by atoms with Crippen molar-refractivity contribution >= 4 is 10.4 Å². The first kappa shape index (κ1) is 15.7. The van der Waals surface area contributed by atoms with E-state index in [1.165, 1.54) is 0 Å². The SMILES string of the molecule is F.O=S(=O)([O-])[O-].[Ni+2]. The minimum Gasteiger partial charge on any atom is -0.759 e. The van der Waals surface area contributed by atoms with Gasteiger partial charge in [0.25, 0.3) is 0 Å². The summed E-state index contributed by atoms with van der Waals surface area (Å²) in [5, 5.41) is 0. The van der Waals surface area contributed by atoms with Crippen molar-refractivity contribution in [2.75, 3.05) is 0 Å². The van der Waals surface area contributed by atoms with Crippen LogP contribution in [0.2, 0.25) is 0 Å². The van der Waals surface area contributed by atoms with Gasteiger partial charge in [0.15, 0.2) is 0 Å². The molecular formula is HFNiO4S. The van der Waals surface area contributed by atoms with E-state index in [-0.39, 0.29) is 21.2 Å². The van der Waals surface area contributed by atoms with E-state index in [2.05, 4.69) is 0 Å². The third kappa shape index (κ3) is 1350. The van der Waals surface area contributed by atoms with E-state index < -0.39 is 10.4 Å². The first-order valence-corrected chi connectivity index (χ1v) is 2.00. The second kappa shape index (κ2) is 4.45. The predicted octanol–water partition coefficient (Wildman–Crippen LogP) is -1.19. The molecule has 0 radical (unpaired) electrons. The van der Waals surface area contributed by atoms with Gasteiger partial charge in [-0.3, -0.25) is 13.1 Å². The van der Waals surface area contributed by atoms with Gasteiger partial charge in [0.2, 0.25) is 0 Å². The van der Waals surface area contributed by atoms with Crippen molar-refractivity contribution in [1.29, 1.82) is 0 Å². The molecule has 0 fully saturated rings. The average Bonchev–Trinajstić information content (AvgIpc) is 0.722. The fourth-order valence-corrected chi connectivity index (χ4v) is 0. The zero-order valence-electron chi connectivity index (χ0n) is 2.77. The normalized spacial score (nSPS) is 8.29. The zero-order valence-corrected chi connectivity index (χ0v) is 4.57. The molecule has 0 aliphatic heterocycles. The number of halogens is 1. The van der Waals surface area contributed by atoms with Crippen LogP contribution in [0.25, 0.3) is 0 Å². The van der Waals surface area contributed by atoms with Crippen molar-refractivity contribution in [1.82, 2.24) is 0 Å². The van der Waals surface area contributed by atoms with Crippen molar-refractivity contribution in [3.05, 3.63) is 0 Å². The third-order valence-corrected chi connectivity index (χ3v) is 0. The molecule has 7 heavy (non-hydrogen) atoms. The van der Waals surface area contributed by atoms with Crippen LogP contribution in [0.1, 0.15) is 0 Å². The molecule has 0 unspecified atom stereocenters. The van der Waals surface area contributed by atoms with Crippen molar-refractivity contribution in [3.8, 4) is 0 Å². The van der Waals surface area contributed by atoms with Gasteiger partial charge in [0.1, 0.15) is 0 Å². The van der Waals surface area contributed by atoms with Crippen LogP contribution in [0.3, 0.4) is 0 Å². The van der Waals surface area contributed by atoms with Gasteiger partial charge in [-0.2, -0.15) is 0 Å². The van der Waals surface area contributed by atoms with E-state index >= 15 is 0 Å². The van der Waals surface area contributed by atoms with Gasteiger partial charge in [0, 0.05) is 10.4 Å². The minimum atomic E-state index is -5.17. The Bertz CT molecular complexity index is 94.9. The van der Waals surface area contributed by atoms with Gasteiger partial charge in [-0.25, -0.2) is 0 Å². The Morgan fingerprint density at radius 3 is 1.14 bits per heavy atom. The van der Waals surface area contributed by atoms with Crippen molar-refractivity contribution in [2.45, 2.75) is 0 Å². The van der Waals surface area contributed by atoms with E-state index in [0.717, 1.165) is 0 Å². The molecule has 0 heterocycles. The van der Waals surface area contributed by atoms with Crippen LogP contribution in [0.5, 0.6) is 0 Å². The molecule has 0 N–H and O–H groups in total. The van der Waals surface area contributed by atoms with E-state index in [4.69, 9.17) is 17.5 Å². The Balaban J connectivity index is -0.0000000800. The predicted molar refractivity (Wildman–Crippen MR) is 13.0 cm³/mol. The fourth-order valence-electron chi connectivity index (χ4n) is 0. The molecule has 4 nitrogen and oxygen atoms in total. The van der Waals surface area contributed by atoms with Crippen molar-refractivity contribution in [2.24, 2.45) is 0 Å². The van der Waals surface area contributed by atoms with Gasteiger partial charge >= 0.3 is 16.5 Å². The molecule has 0 aromatic rings. The quantitative estimate of drug-likeness (QED) is 0.263. The largest absolute Gasteiger partial charge is 2.00 e. The summed E-state index contributed by atoms with van der Waals surface area (Å²) in [7, 11) is -5.17. The van der Waals surface area contributed by atoms with Crippen molar-refractivity contribution < 1.29 is 38.7 Å². The van der Waals surface area contributed by atoms with Crippen LogP contribution in [0, 0.1) is 0 Å². The Labute approximate surface area is 49.8 Å². The smallest absolute Gasteiger partial charge is 0.759 e. The van der Waals surface area contributed by atoms with E-state index in [9.17, 15) is 0 Å². The average molecular weight is 175 g/mol. The van der Waals surface area contributed by atoms with E-state index in [1.54, 1.807) is 0 Å². The van der Waals surface area contributed by atoms with Crippen LogP contribution in [0.15, 0.2) is 0 Å². The molecule has 0 atom stereocenters. The van der Waals surface area contributed by atoms with Crippen LogP contribution < -0.4 is 0 Å². The number of hydrogen-bond acceptors (Lipinski definition) is 4. The summed E-state index contributed by atoms with van der Waals surface area (Å²) in [5.41, 5.74) is 0. The first-order valence-electron chi connectivity index (χ1n) is 0.667. The molecule has 0 amide bonds. The second-order valence-electron chi connectivity index (χ2n) is 0.408. The summed E-state index contributed by atoms with van der Waals surface area (Å²) in [6.45, 7) is 0. The molecule has 7 heteroatoms. The molecule has 0 aromatic carbocycles. The molecule has 0 rings (SSSR count). The van der Waals surface area contributed by atoms with Crippen LogP contribution in [0.4, 0.5) is 4.70 Å². The van der Waals surface area contributed by atoms with E-state index in [0.29, 0.717) is 0 Å². The molecule has 48 valence electrons. The first-order chi connectivity index (χ1) is 2.00. The molecule has 0 saturated heterocycles. The zero-order chi connectivity index (χ0) is 4.50. The Hall–Kier alpha value is 0.294. The second-order valence-corrected chi connectivity index (χ2v) is 1.22. The Morgan fingerprint density at radius 1 is 1.14 bits per heavy atom. The van der Waals surface area contributed by atoms with Crippen LogP contribution >= 0.6 is 0 Å². The van der Waals surface area contributed by atoms with E-state index in [1.807, 2.05) is 0 Å². The van der Waals surface area contributed by atoms with Gasteiger partial charge in [-0.15, -0.1) is 0 Å². The monoisotopic (exact) mass is 174 g/mol. The number of rotatable bonds is 0. The van der Waals surface area contributed by atoms with Crippen LogP contribution in [-0.2, 0) is 26.9 Å². The Kier molecular flexibility index (Phi) is 9.97. The molecule has 0 bridgehead atoms. The van der Waals surface area contributed by atoms with Gasteiger partial charge in [-0.1, -0.05) is 0 Å². The molecule has 0 aromatic heterocycles. The topological polar surface area (TPSA) is 80.3 Å². The third-order valence-electron chi connectivity index (χ3n) is 0. The minimum absolute atomic E-state index is 0. The molecule has 0 aliphatic rings. The molecular weight excluding hydrogens is 174 g/mol. The molecule has 0 saturated carbocycles. The molecule has 0 aliphatic carbocycles. The van der Waals surface area contributed by atoms with Crippen LogP contribution in [-0.4, -0.2) is 17.5 Å². The summed E-state index contributed by atoms with van der Waals surface area (Å²) in [5.74, 6) is 0. The van der Waals surface area contributed by atoms with Crippen molar-refractivity contribution in [3.63, 3.8) is 0 Å². The number of hydrogen-bond donors (Lipinski definition) is 0. The summed E-state index contributed by atoms with van der Waals surface area (Å²) >= 11 is 0. The standard InChI is InChI=1S/FH.Ni.H2O4S/c;;1-5(2,3)4/h1H;;(H2,1,2,3,4)/q;+2;/p-2. The van der Waals surface area contributed by atoms with Gasteiger partial charge in [-0.05, 0) is 0 Å². The summed E-state index contributed by atoms with van der Waals surface area (Å²) < 4.78 is 34.1. The molecule has 0 spiro atoms. The maximum absolute atomic E-state index is 8.52. The van der Waals surface area contributed by atoms with Gasteiger partial charge < -0.3 is 9.11 Å². The fraction of sp³-hybridized carbons (Fsp3) is 0. The maximum atomic E-state index is 8.52. The summed E-state index contributed by atoms with van der Waals surface area (Å²) in [6, 6.07) is 0. The van der Waals surface area contributed by atoms with Gasteiger partial charge in [0.05, 0.1) is 0 Å². The Morgan fingerprint density at radius 2 is 1.14 bits per heavy atom. The maximum Gasteiger partial charge on any atom is 2.00 e. The summed E-state index contributed by atoms with van der Waals surface area (Å²) in [4.78, 5) is 0.